The third-order valence-corrected chi connectivity index (χ3v) is 24.7. The van der Waals surface area contributed by atoms with Gasteiger partial charge >= 0.3 is 85.4 Å². The van der Waals surface area contributed by atoms with Gasteiger partial charge in [0.05, 0.1) is 63.9 Å². The summed E-state index contributed by atoms with van der Waals surface area (Å²) >= 11 is 0. The molecule has 6 aliphatic rings. The smallest absolute Gasteiger partial charge is 0.411 e. The first kappa shape index (κ1) is 102. The molecule has 138 heavy (non-hydrogen) atoms. The number of anilines is 6. The molecule has 46 heteroatoms. The SMILES string of the molecule is CCOC(C)C.[B]Oc1ccc(C(c2ccc(O[B])c(N3C(=O)C4C5C=CC(C5)C4C3=O)c2)(C(F)(F)F)C(F)(F)F)cc1NC(=O)c1cccc(C(C)=O)c1.[B]Oc1ccc(C(c2ccc(O[B])c(NC(=O)c3ccc(Oc4ccc(C(=O)Nc5cc(C(c6ccc(O[B])c(N7C(=O)C8C9C=CC(C9)C8C7=O)c6)(C(F)(F)F)C(F)(F)F)ccc5O[B])cc4)cc3)c2)(C(F)(F)F)C(F)(F)F)cc1NC. The zero-order valence-electron chi connectivity index (χ0n) is 72.1. The Morgan fingerprint density at radius 3 is 0.870 bits per heavy atom. The summed E-state index contributed by atoms with van der Waals surface area (Å²) < 4.78 is 314. The second kappa shape index (κ2) is 38.7. The van der Waals surface area contributed by atoms with E-state index in [1.807, 2.05) is 20.8 Å². The van der Waals surface area contributed by atoms with E-state index >= 15 is 79.0 Å². The normalized spacial score (nSPS) is 18.9. The number of nitrogens with one attached hydrogen (secondary N) is 4. The lowest BCUT2D eigenvalue weighted by atomic mass is 9.72. The molecule has 2 heterocycles. The summed E-state index contributed by atoms with van der Waals surface area (Å²) in [6.07, 6.45) is -28.4. The fourth-order valence-electron chi connectivity index (χ4n) is 18.5. The summed E-state index contributed by atoms with van der Waals surface area (Å²) in [6.45, 7) is 8.12. The van der Waals surface area contributed by atoms with Crippen LogP contribution in [0.3, 0.4) is 0 Å². The van der Waals surface area contributed by atoms with Gasteiger partial charge in [0.15, 0.2) is 5.78 Å². The van der Waals surface area contributed by atoms with Crippen LogP contribution < -0.4 is 63.7 Å². The number of ketones is 1. The van der Waals surface area contributed by atoms with Gasteiger partial charge in [-0.05, 0) is 231 Å². The zero-order chi connectivity index (χ0) is 101. The van der Waals surface area contributed by atoms with Crippen molar-refractivity contribution in [3.63, 3.8) is 0 Å². The minimum atomic E-state index is -6.23. The van der Waals surface area contributed by atoms with Crippen molar-refractivity contribution in [3.8, 4) is 46.0 Å². The molecule has 7 amide bonds. The Labute approximate surface area is 780 Å². The largest absolute Gasteiger partial charge is 0.566 e. The van der Waals surface area contributed by atoms with E-state index in [1.165, 1.54) is 62.5 Å². The second-order valence-corrected chi connectivity index (χ2v) is 32.6. The van der Waals surface area contributed by atoms with Gasteiger partial charge in [-0.3, -0.25) is 38.4 Å². The number of halogens is 18. The number of alkyl halides is 18. The second-order valence-electron chi connectivity index (χ2n) is 32.6. The summed E-state index contributed by atoms with van der Waals surface area (Å²) in [5.74, 6) is -14.8. The maximum atomic E-state index is 15.6. The molecule has 12 radical (unpaired) electrons. The van der Waals surface area contributed by atoms with Crippen LogP contribution in [0.1, 0.15) is 115 Å². The highest BCUT2D eigenvalue weighted by Gasteiger charge is 2.76. The molecule has 15 rings (SSSR count). The monoisotopic (exact) mass is 1920 g/mol. The van der Waals surface area contributed by atoms with Crippen LogP contribution >= 0.6 is 0 Å². The van der Waals surface area contributed by atoms with Crippen molar-refractivity contribution < 1.29 is 155 Å². The Morgan fingerprint density at radius 1 is 0.355 bits per heavy atom. The molecule has 4 aliphatic carbocycles. The molecule has 4 fully saturated rings. The molecular formula is C92H68B6F18N6O16. The lowest BCUT2D eigenvalue weighted by Gasteiger charge is -2.39. The number of hydrogen-bond donors (Lipinski definition) is 4. The molecule has 9 aromatic rings. The molecule has 0 aromatic heterocycles. The van der Waals surface area contributed by atoms with Gasteiger partial charge in [-0.25, -0.2) is 9.80 Å². The van der Waals surface area contributed by atoms with Crippen molar-refractivity contribution in [2.24, 2.45) is 47.3 Å². The number of ether oxygens (including phenoxy) is 2. The molecule has 2 saturated heterocycles. The highest BCUT2D eigenvalue weighted by molar-refractivity contribution is 6.25. The standard InChI is InChI=1S/C54H34B4F12N4O9.C33H22B2F6N2O6.C5H12O/c1-71-35-21-29(8-16-39(35)80-55)49(51(59,60)61,52(62,63)64)30-9-17-40(81-56)36(22-30)72-45(75)25-4-12-33(13-5-25)79-34-14-6-26(7-15-34)46(76)73-37-23-31(10-18-41(37)82-57)50(53(65,66)67,54(68,69)70)32-11-19-42(83-58)38(24-32)74-47(77)43-27-2-3-28(20-27)44(43)48(74)78;1-15(44)16-3-2-4-19(11-16)28(45)42-22-13-20(7-9-24(22)48-34)31(32(36,37)38,33(39,40)41)21-8-10-25(49-35)23(14-21)43-29(46)26-17-5-6-18(12-17)27(26)30(43)47;1-4-6-5(2)3/h2-19,21-24,27-28,43-44,71H,20H2,1H3,(H,72,75)(H,73,76);2-11,13-14,17-18,26-27H,12H2,1H3,(H,42,45);5H,4H2,1-3H3. The highest BCUT2D eigenvalue weighted by atomic mass is 19.4. The predicted octanol–water partition coefficient (Wildman–Crippen LogP) is 18.2. The predicted molar refractivity (Wildman–Crippen MR) is 466 cm³/mol. The Kier molecular flexibility index (Phi) is 28.5. The number of amides is 7. The van der Waals surface area contributed by atoms with E-state index < -0.39 is 215 Å². The van der Waals surface area contributed by atoms with Crippen LogP contribution in [-0.4, -0.2) is 152 Å². The maximum Gasteiger partial charge on any atom is 0.411 e. The molecule has 8 atom stereocenters. The Bertz CT molecular complexity index is 6200. The van der Waals surface area contributed by atoms with Crippen LogP contribution in [0.4, 0.5) is 113 Å². The average Bonchev–Trinajstić information content (AvgIpc) is 1.24. The fraction of sp³-hybridized carbons (Fsp3) is 0.283. The fourth-order valence-corrected chi connectivity index (χ4v) is 18.5. The topological polar surface area (TPSA) is 265 Å². The van der Waals surface area contributed by atoms with Crippen LogP contribution in [0.15, 0.2) is 206 Å². The number of nitrogens with zero attached hydrogens (tertiary/aromatic N) is 2. The van der Waals surface area contributed by atoms with Gasteiger partial charge in [-0.15, -0.1) is 0 Å². The molecule has 0 spiro atoms. The lowest BCUT2D eigenvalue weighted by molar-refractivity contribution is -0.290. The van der Waals surface area contributed by atoms with Crippen LogP contribution in [-0.2, 0) is 40.2 Å². The van der Waals surface area contributed by atoms with Gasteiger partial charge in [-0.2, -0.15) is 79.0 Å². The third-order valence-electron chi connectivity index (χ3n) is 24.7. The van der Waals surface area contributed by atoms with Crippen LogP contribution in [0.25, 0.3) is 0 Å². The van der Waals surface area contributed by atoms with Crippen LogP contribution in [0.2, 0.25) is 0 Å². The van der Waals surface area contributed by atoms with E-state index in [9.17, 15) is 38.4 Å². The van der Waals surface area contributed by atoms with E-state index in [4.69, 9.17) is 71.7 Å². The number of Topliss-reactive ketones (excluding diaryl/α,β-unsaturated/α-hetero) is 1. The summed E-state index contributed by atoms with van der Waals surface area (Å²) in [4.78, 5) is 107. The summed E-state index contributed by atoms with van der Waals surface area (Å²) in [7, 11) is 32.9. The molecule has 2 saturated carbocycles. The Balaban J connectivity index is 0.000000246. The van der Waals surface area contributed by atoms with Gasteiger partial charge in [0.25, 0.3) is 17.7 Å². The zero-order valence-corrected chi connectivity index (χ0v) is 72.1. The molecular weight excluding hydrogens is 1850 g/mol. The summed E-state index contributed by atoms with van der Waals surface area (Å²) in [5.41, 5.74) is -27.5. The van der Waals surface area contributed by atoms with Crippen molar-refractivity contribution >= 4 is 130 Å². The van der Waals surface area contributed by atoms with Crippen LogP contribution in [0, 0.1) is 47.3 Å². The van der Waals surface area contributed by atoms with Crippen molar-refractivity contribution in [1.82, 2.24) is 0 Å². The van der Waals surface area contributed by atoms with E-state index in [0.717, 1.165) is 36.9 Å². The van der Waals surface area contributed by atoms with Crippen molar-refractivity contribution in [1.29, 1.82) is 0 Å². The third kappa shape index (κ3) is 18.1. The number of carbonyl (C=O) groups excluding carboxylic acids is 8. The average molecular weight is 1920 g/mol. The van der Waals surface area contributed by atoms with Crippen molar-refractivity contribution in [2.45, 2.75) is 99.9 Å². The molecule has 4 bridgehead atoms. The Morgan fingerprint density at radius 2 is 0.616 bits per heavy atom. The maximum absolute atomic E-state index is 15.6. The van der Waals surface area contributed by atoms with Gasteiger partial charge in [-0.1, -0.05) is 72.8 Å². The number of benzene rings is 9. The Hall–Kier alpha value is -13.7. The van der Waals surface area contributed by atoms with Gasteiger partial charge in [0.1, 0.15) is 46.0 Å². The minimum Gasteiger partial charge on any atom is -0.566 e. The quantitative estimate of drug-likeness (QED) is 0.0129. The van der Waals surface area contributed by atoms with Crippen molar-refractivity contribution in [3.05, 3.63) is 262 Å². The first-order valence-electron chi connectivity index (χ1n) is 41.2. The number of fused-ring (bicyclic) bond motifs is 10. The first-order chi connectivity index (χ1) is 64.9. The van der Waals surface area contributed by atoms with Gasteiger partial charge in [0.2, 0.25) is 39.9 Å². The van der Waals surface area contributed by atoms with Crippen molar-refractivity contribution in [2.75, 3.05) is 44.7 Å². The lowest BCUT2D eigenvalue weighted by Crippen LogP contribution is -2.55. The summed E-state index contributed by atoms with van der Waals surface area (Å²) in [5, 5.41) is 9.02. The number of rotatable bonds is 26. The molecule has 4 N–H and O–H groups in total. The van der Waals surface area contributed by atoms with Gasteiger partial charge in [0, 0.05) is 35.9 Å². The minimum absolute atomic E-state index is 0.00764. The molecule has 2 aliphatic heterocycles. The molecule has 9 aromatic carbocycles. The molecule has 22 nitrogen and oxygen atoms in total. The molecule has 8 unspecified atom stereocenters. The number of imide groups is 2. The van der Waals surface area contributed by atoms with E-state index in [0.29, 0.717) is 132 Å². The number of hydrogen-bond acceptors (Lipinski definition) is 17. The van der Waals surface area contributed by atoms with Gasteiger partial charge < -0.3 is 58.7 Å². The molecule has 706 valence electrons. The number of carbonyl (C=O) groups is 8. The first-order valence-corrected chi connectivity index (χ1v) is 41.2. The van der Waals surface area contributed by atoms with E-state index in [2.05, 4.69) is 35.2 Å². The van der Waals surface area contributed by atoms with E-state index in [-0.39, 0.29) is 68.9 Å². The summed E-state index contributed by atoms with van der Waals surface area (Å²) in [6, 6.07) is 24.1. The highest BCUT2D eigenvalue weighted by Crippen LogP contribution is 2.64. The number of allylic oxidation sites excluding steroid dienone is 4. The van der Waals surface area contributed by atoms with Crippen LogP contribution in [0.5, 0.6) is 46.0 Å². The van der Waals surface area contributed by atoms with E-state index in [1.54, 1.807) is 24.3 Å².